The first kappa shape index (κ1) is 29.7. The van der Waals surface area contributed by atoms with Crippen molar-refractivity contribution in [3.05, 3.63) is 64.7 Å². The Hall–Kier alpha value is -2.82. The van der Waals surface area contributed by atoms with Crippen LogP contribution in [0.15, 0.2) is 48.5 Å². The van der Waals surface area contributed by atoms with Crippen LogP contribution in [0.2, 0.25) is 5.02 Å². The van der Waals surface area contributed by atoms with Crippen molar-refractivity contribution in [1.29, 1.82) is 0 Å². The van der Waals surface area contributed by atoms with Gasteiger partial charge in [0.2, 0.25) is 0 Å². The summed E-state index contributed by atoms with van der Waals surface area (Å²) >= 11 is 6.41. The molecule has 2 aromatic rings. The van der Waals surface area contributed by atoms with Gasteiger partial charge in [0, 0.05) is 63.0 Å². The monoisotopic (exact) mass is 592 g/mol. The van der Waals surface area contributed by atoms with Gasteiger partial charge in [0.1, 0.15) is 0 Å². The topological polar surface area (TPSA) is 67.3 Å². The number of amides is 2. The second kappa shape index (κ2) is 11.1. The minimum absolute atomic E-state index is 0.128. The summed E-state index contributed by atoms with van der Waals surface area (Å²) in [7, 11) is 3.39. The summed E-state index contributed by atoms with van der Waals surface area (Å²) in [6.07, 6.45) is -1.93. The van der Waals surface area contributed by atoms with E-state index >= 15 is 0 Å². The van der Waals surface area contributed by atoms with E-state index in [4.69, 9.17) is 11.6 Å². The highest BCUT2D eigenvalue weighted by Crippen LogP contribution is 2.45. The van der Waals surface area contributed by atoms with Crippen molar-refractivity contribution in [1.82, 2.24) is 14.7 Å². The van der Waals surface area contributed by atoms with Crippen LogP contribution in [-0.4, -0.2) is 97.2 Å². The van der Waals surface area contributed by atoms with Gasteiger partial charge in [-0.25, -0.2) is 0 Å². The lowest BCUT2D eigenvalue weighted by molar-refractivity contribution is -0.262. The lowest BCUT2D eigenvalue weighted by Gasteiger charge is -2.56. The first-order chi connectivity index (χ1) is 19.3. The van der Waals surface area contributed by atoms with E-state index in [-0.39, 0.29) is 30.5 Å². The number of aliphatic hydroxyl groups is 1. The van der Waals surface area contributed by atoms with Crippen molar-refractivity contribution in [3.8, 4) is 0 Å². The largest absolute Gasteiger partial charge is 0.430 e. The summed E-state index contributed by atoms with van der Waals surface area (Å²) < 4.78 is 41.9. The third-order valence-corrected chi connectivity index (χ3v) is 9.36. The fourth-order valence-electron chi connectivity index (χ4n) is 6.49. The first-order valence-corrected chi connectivity index (χ1v) is 14.4. The van der Waals surface area contributed by atoms with Crippen LogP contribution in [0, 0.1) is 5.41 Å². The Morgan fingerprint density at radius 3 is 2.12 bits per heavy atom. The molecule has 0 radical (unpaired) electrons. The number of hydrogen-bond donors (Lipinski definition) is 1. The van der Waals surface area contributed by atoms with Gasteiger partial charge in [-0.15, -0.1) is 0 Å². The van der Waals surface area contributed by atoms with Crippen LogP contribution in [-0.2, 0) is 10.4 Å². The molecule has 3 aliphatic heterocycles. The molecule has 3 heterocycles. The molecule has 11 heteroatoms. The highest BCUT2D eigenvalue weighted by atomic mass is 35.5. The van der Waals surface area contributed by atoms with Crippen LogP contribution in [0.3, 0.4) is 0 Å². The number of rotatable bonds is 5. The van der Waals surface area contributed by atoms with E-state index in [0.717, 1.165) is 61.7 Å². The fraction of sp³-hybridized carbons (Fsp3) is 0.533. The zero-order valence-corrected chi connectivity index (χ0v) is 24.1. The van der Waals surface area contributed by atoms with Gasteiger partial charge in [0.15, 0.2) is 0 Å². The maximum absolute atomic E-state index is 14.0. The smallest absolute Gasteiger partial charge is 0.370 e. The predicted octanol–water partition coefficient (Wildman–Crippen LogP) is 4.39. The number of piperidine rings is 2. The quantitative estimate of drug-likeness (QED) is 0.558. The van der Waals surface area contributed by atoms with Gasteiger partial charge >= 0.3 is 6.18 Å². The Bertz CT molecular complexity index is 1270. The summed E-state index contributed by atoms with van der Waals surface area (Å²) in [6.45, 7) is 4.00. The average Bonchev–Trinajstić information content (AvgIpc) is 2.94. The Labute approximate surface area is 243 Å². The Morgan fingerprint density at radius 2 is 1.59 bits per heavy atom. The minimum Gasteiger partial charge on any atom is -0.370 e. The molecule has 0 saturated carbocycles. The molecule has 1 N–H and O–H groups in total. The van der Waals surface area contributed by atoms with Crippen LogP contribution in [0.4, 0.5) is 18.9 Å². The van der Waals surface area contributed by atoms with E-state index in [0.29, 0.717) is 23.4 Å². The second-order valence-corrected chi connectivity index (χ2v) is 12.3. The van der Waals surface area contributed by atoms with Gasteiger partial charge in [-0.1, -0.05) is 41.9 Å². The Morgan fingerprint density at radius 1 is 0.976 bits per heavy atom. The first-order valence-electron chi connectivity index (χ1n) is 14.0. The predicted molar refractivity (Wildman–Crippen MR) is 151 cm³/mol. The molecule has 3 aliphatic rings. The molecule has 3 saturated heterocycles. The van der Waals surface area contributed by atoms with Crippen LogP contribution in [0.1, 0.15) is 41.6 Å². The lowest BCUT2D eigenvalue weighted by atomic mass is 9.71. The van der Waals surface area contributed by atoms with Crippen molar-refractivity contribution >= 4 is 29.1 Å². The van der Waals surface area contributed by atoms with E-state index in [1.165, 1.54) is 17.0 Å². The molecule has 1 unspecified atom stereocenters. The van der Waals surface area contributed by atoms with Crippen LogP contribution in [0.5, 0.6) is 0 Å². The van der Waals surface area contributed by atoms with E-state index in [1.54, 1.807) is 26.2 Å². The number of hydrogen-bond acceptors (Lipinski definition) is 5. The number of likely N-dealkylation sites (tertiary alicyclic amines) is 2. The van der Waals surface area contributed by atoms with Crippen LogP contribution in [0.25, 0.3) is 0 Å². The zero-order chi connectivity index (χ0) is 29.6. The van der Waals surface area contributed by atoms with Crippen molar-refractivity contribution < 1.29 is 27.9 Å². The van der Waals surface area contributed by atoms with Crippen molar-refractivity contribution in [2.75, 3.05) is 58.3 Å². The molecule has 1 atom stereocenters. The molecule has 0 bridgehead atoms. The maximum Gasteiger partial charge on any atom is 0.430 e. The van der Waals surface area contributed by atoms with Gasteiger partial charge in [-0.2, -0.15) is 13.2 Å². The van der Waals surface area contributed by atoms with E-state index in [2.05, 4.69) is 9.80 Å². The van der Waals surface area contributed by atoms with E-state index in [9.17, 15) is 27.9 Å². The van der Waals surface area contributed by atoms with Gasteiger partial charge < -0.3 is 24.7 Å². The molecule has 41 heavy (non-hydrogen) atoms. The Balaban J connectivity index is 1.13. The zero-order valence-electron chi connectivity index (χ0n) is 23.3. The number of carbonyl (C=O) groups is 2. The van der Waals surface area contributed by atoms with Gasteiger partial charge in [0.25, 0.3) is 17.4 Å². The summed E-state index contributed by atoms with van der Waals surface area (Å²) in [4.78, 5) is 32.7. The molecule has 5 rings (SSSR count). The molecule has 2 aromatic carbocycles. The minimum atomic E-state index is -5.13. The van der Waals surface area contributed by atoms with E-state index in [1.807, 2.05) is 12.1 Å². The molecule has 2 amide bonds. The lowest BCUT2D eigenvalue weighted by Crippen LogP contribution is -2.62. The number of alkyl halides is 3. The summed E-state index contributed by atoms with van der Waals surface area (Å²) in [5.41, 5.74) is -2.31. The van der Waals surface area contributed by atoms with E-state index < -0.39 is 23.2 Å². The number of halogens is 4. The van der Waals surface area contributed by atoms with Crippen molar-refractivity contribution in [3.63, 3.8) is 0 Å². The van der Waals surface area contributed by atoms with Gasteiger partial charge in [-0.05, 0) is 57.0 Å². The van der Waals surface area contributed by atoms with Gasteiger partial charge in [-0.3, -0.25) is 9.59 Å². The van der Waals surface area contributed by atoms with Crippen LogP contribution < -0.4 is 4.90 Å². The Kier molecular flexibility index (Phi) is 8.04. The maximum atomic E-state index is 14.0. The fourth-order valence-corrected chi connectivity index (χ4v) is 6.75. The summed E-state index contributed by atoms with van der Waals surface area (Å²) in [6, 6.07) is 12.4. The summed E-state index contributed by atoms with van der Waals surface area (Å²) in [5.74, 6) is -1.43. The number of nitrogens with zero attached hydrogens (tertiary/aromatic N) is 4. The summed E-state index contributed by atoms with van der Waals surface area (Å²) in [5, 5.41) is 11.1. The molecule has 7 nitrogen and oxygen atoms in total. The highest BCUT2D eigenvalue weighted by Gasteiger charge is 2.62. The molecule has 222 valence electrons. The van der Waals surface area contributed by atoms with Crippen molar-refractivity contribution in [2.45, 2.75) is 43.5 Å². The molecule has 0 aliphatic carbocycles. The normalized spacial score (nSPS) is 21.3. The second-order valence-electron chi connectivity index (χ2n) is 11.9. The third-order valence-electron chi connectivity index (χ3n) is 9.05. The number of benzene rings is 2. The van der Waals surface area contributed by atoms with Gasteiger partial charge in [0.05, 0.1) is 10.6 Å². The standard InChI is InChI=1S/C30H36ClF3N4O3/c1-35(2)26(39)24-9-8-23(18-25(24)31)38-19-28(20-38)12-16-36(17-13-28)22-10-14-37(15-11-22)27(40)29(41,30(32,33)34)21-6-4-3-5-7-21/h3-9,18,22,41H,10-17,19-20H2,1-2H3. The molecule has 0 aromatic heterocycles. The number of anilines is 1. The van der Waals surface area contributed by atoms with Crippen LogP contribution >= 0.6 is 11.6 Å². The molecule has 1 spiro atoms. The molecule has 3 fully saturated rings. The third kappa shape index (κ3) is 5.53. The highest BCUT2D eigenvalue weighted by molar-refractivity contribution is 6.34. The SMILES string of the molecule is CN(C)C(=O)c1ccc(N2CC3(CCN(C4CCN(C(=O)C(O)(c5ccccc5)C(F)(F)F)CC4)CC3)C2)cc1Cl. The van der Waals surface area contributed by atoms with Crippen molar-refractivity contribution in [2.24, 2.45) is 5.41 Å². The molecular formula is C30H36ClF3N4O3. The molecular weight excluding hydrogens is 557 g/mol. The average molecular weight is 593 g/mol. The number of carbonyl (C=O) groups excluding carboxylic acids is 2.